The minimum atomic E-state index is 0.164. The molecule has 1 aliphatic rings. The van der Waals surface area contributed by atoms with Gasteiger partial charge in [0.1, 0.15) is 5.78 Å². The van der Waals surface area contributed by atoms with E-state index in [0.717, 1.165) is 19.3 Å². The van der Waals surface area contributed by atoms with E-state index in [1.807, 2.05) is 0 Å². The van der Waals surface area contributed by atoms with Crippen LogP contribution in [0.3, 0.4) is 0 Å². The van der Waals surface area contributed by atoms with Gasteiger partial charge in [0, 0.05) is 5.92 Å². The van der Waals surface area contributed by atoms with Gasteiger partial charge in [0.2, 0.25) is 0 Å². The number of carbonyl (C=O) groups is 1. The second kappa shape index (κ2) is 5.24. The Hall–Kier alpha value is -1.89. The van der Waals surface area contributed by atoms with Gasteiger partial charge in [-0.25, -0.2) is 0 Å². The molecule has 0 aliphatic heterocycles. The van der Waals surface area contributed by atoms with Crippen molar-refractivity contribution in [2.24, 2.45) is 5.92 Å². The molecule has 3 rings (SSSR count). The predicted molar refractivity (Wildman–Crippen MR) is 82.9 cm³/mol. The average Bonchev–Trinajstić information content (AvgIpc) is 2.82. The first-order valence-corrected chi connectivity index (χ1v) is 7.39. The summed E-state index contributed by atoms with van der Waals surface area (Å²) in [6.45, 7) is 3.80. The molecule has 0 spiro atoms. The first-order valence-electron chi connectivity index (χ1n) is 7.39. The highest BCUT2D eigenvalue weighted by molar-refractivity contribution is 5.79. The normalized spacial score (nSPS) is 13.7. The summed E-state index contributed by atoms with van der Waals surface area (Å²) in [6.07, 6.45) is 2.82. The molecule has 0 bridgehead atoms. The molecule has 0 saturated carbocycles. The maximum Gasteiger partial charge on any atom is 0.133 e. The van der Waals surface area contributed by atoms with E-state index in [9.17, 15) is 4.79 Å². The summed E-state index contributed by atoms with van der Waals surface area (Å²) in [5.41, 5.74) is 6.84. The summed E-state index contributed by atoms with van der Waals surface area (Å²) in [4.78, 5) is 11.6. The lowest BCUT2D eigenvalue weighted by molar-refractivity contribution is -0.120. The van der Waals surface area contributed by atoms with E-state index in [2.05, 4.69) is 49.4 Å². The van der Waals surface area contributed by atoms with Gasteiger partial charge in [0.25, 0.3) is 0 Å². The predicted octanol–water partition coefficient (Wildman–Crippen LogP) is 4.42. The maximum atomic E-state index is 11.6. The molecule has 0 radical (unpaired) electrons. The molecule has 0 aromatic heterocycles. The van der Waals surface area contributed by atoms with Crippen molar-refractivity contribution < 1.29 is 4.79 Å². The Morgan fingerprint density at radius 2 is 1.85 bits per heavy atom. The number of hydrogen-bond acceptors (Lipinski definition) is 1. The molecule has 1 atom stereocenters. The summed E-state index contributed by atoms with van der Waals surface area (Å²) in [7, 11) is 0. The van der Waals surface area contributed by atoms with Crippen molar-refractivity contribution in [3.63, 3.8) is 0 Å². The Bertz CT molecular complexity index is 655. The molecule has 1 aliphatic carbocycles. The lowest BCUT2D eigenvalue weighted by Crippen LogP contribution is -2.12. The zero-order chi connectivity index (χ0) is 14.1. The van der Waals surface area contributed by atoms with Gasteiger partial charge in [-0.3, -0.25) is 4.79 Å². The van der Waals surface area contributed by atoms with Gasteiger partial charge >= 0.3 is 0 Å². The van der Waals surface area contributed by atoms with Crippen LogP contribution >= 0.6 is 0 Å². The molecule has 2 aromatic carbocycles. The van der Waals surface area contributed by atoms with Crippen molar-refractivity contribution in [1.29, 1.82) is 0 Å². The maximum absolute atomic E-state index is 11.6. The van der Waals surface area contributed by atoms with E-state index in [1.54, 1.807) is 6.92 Å². The SMILES string of the molecule is CCC(Cc1ccc2c(c1)Cc1ccccc1-2)C(C)=O. The molecule has 1 unspecified atom stereocenters. The third-order valence-corrected chi connectivity index (χ3v) is 4.41. The molecule has 2 aromatic rings. The molecule has 20 heavy (non-hydrogen) atoms. The highest BCUT2D eigenvalue weighted by Gasteiger charge is 2.19. The number of hydrogen-bond donors (Lipinski definition) is 0. The van der Waals surface area contributed by atoms with Crippen LogP contribution in [0.1, 0.15) is 37.0 Å². The van der Waals surface area contributed by atoms with Crippen LogP contribution < -0.4 is 0 Å². The van der Waals surface area contributed by atoms with E-state index < -0.39 is 0 Å². The first kappa shape index (κ1) is 13.1. The Balaban J connectivity index is 1.89. The van der Waals surface area contributed by atoms with E-state index >= 15 is 0 Å². The van der Waals surface area contributed by atoms with Gasteiger partial charge in [-0.15, -0.1) is 0 Å². The van der Waals surface area contributed by atoms with Crippen molar-refractivity contribution in [3.05, 3.63) is 59.2 Å². The molecular formula is C19H20O. The van der Waals surface area contributed by atoms with Crippen molar-refractivity contribution in [2.45, 2.75) is 33.1 Å². The van der Waals surface area contributed by atoms with E-state index in [1.165, 1.54) is 27.8 Å². The molecule has 0 heterocycles. The minimum Gasteiger partial charge on any atom is -0.300 e. The quantitative estimate of drug-likeness (QED) is 0.682. The van der Waals surface area contributed by atoms with Crippen LogP contribution in [-0.2, 0) is 17.6 Å². The second-order valence-corrected chi connectivity index (χ2v) is 5.75. The van der Waals surface area contributed by atoms with Gasteiger partial charge in [0.05, 0.1) is 0 Å². The number of carbonyl (C=O) groups excluding carboxylic acids is 1. The molecule has 102 valence electrons. The minimum absolute atomic E-state index is 0.164. The van der Waals surface area contributed by atoms with Crippen molar-refractivity contribution in [3.8, 4) is 11.1 Å². The van der Waals surface area contributed by atoms with Crippen LogP contribution in [0.2, 0.25) is 0 Å². The molecule has 0 saturated heterocycles. The largest absolute Gasteiger partial charge is 0.300 e. The van der Waals surface area contributed by atoms with E-state index in [0.29, 0.717) is 5.78 Å². The lowest BCUT2D eigenvalue weighted by atomic mass is 9.92. The number of fused-ring (bicyclic) bond motifs is 3. The van der Waals surface area contributed by atoms with Gasteiger partial charge in [-0.2, -0.15) is 0 Å². The van der Waals surface area contributed by atoms with Crippen molar-refractivity contribution >= 4 is 5.78 Å². The zero-order valence-electron chi connectivity index (χ0n) is 12.1. The molecule has 1 nitrogen and oxygen atoms in total. The summed E-state index contributed by atoms with van der Waals surface area (Å²) in [5.74, 6) is 0.466. The number of rotatable bonds is 4. The van der Waals surface area contributed by atoms with E-state index in [-0.39, 0.29) is 5.92 Å². The Labute approximate surface area is 120 Å². The van der Waals surface area contributed by atoms with Crippen LogP contribution in [0.4, 0.5) is 0 Å². The van der Waals surface area contributed by atoms with Gasteiger partial charge in [-0.05, 0) is 54.0 Å². The fourth-order valence-corrected chi connectivity index (χ4v) is 3.19. The summed E-state index contributed by atoms with van der Waals surface area (Å²) in [5, 5.41) is 0. The number of ketones is 1. The Kier molecular flexibility index (Phi) is 3.43. The van der Waals surface area contributed by atoms with Gasteiger partial charge in [-0.1, -0.05) is 49.4 Å². The standard InChI is InChI=1S/C19H20O/c1-3-15(13(2)20)10-14-8-9-19-17(11-14)12-16-6-4-5-7-18(16)19/h4-9,11,15H,3,10,12H2,1-2H3. The number of Topliss-reactive ketones (excluding diaryl/α,β-unsaturated/α-hetero) is 1. The van der Waals surface area contributed by atoms with Crippen LogP contribution in [0, 0.1) is 5.92 Å². The molecule has 0 amide bonds. The molecular weight excluding hydrogens is 244 g/mol. The van der Waals surface area contributed by atoms with Crippen LogP contribution in [-0.4, -0.2) is 5.78 Å². The van der Waals surface area contributed by atoms with Crippen LogP contribution in [0.5, 0.6) is 0 Å². The molecule has 0 N–H and O–H groups in total. The lowest BCUT2D eigenvalue weighted by Gasteiger charge is -2.12. The topological polar surface area (TPSA) is 17.1 Å². The number of benzene rings is 2. The highest BCUT2D eigenvalue weighted by atomic mass is 16.1. The fraction of sp³-hybridized carbons (Fsp3) is 0.316. The smallest absolute Gasteiger partial charge is 0.133 e. The van der Waals surface area contributed by atoms with Crippen molar-refractivity contribution in [1.82, 2.24) is 0 Å². The highest BCUT2D eigenvalue weighted by Crippen LogP contribution is 2.37. The summed E-state index contributed by atoms with van der Waals surface area (Å²) < 4.78 is 0. The third-order valence-electron chi connectivity index (χ3n) is 4.41. The third kappa shape index (κ3) is 2.29. The monoisotopic (exact) mass is 264 g/mol. The second-order valence-electron chi connectivity index (χ2n) is 5.75. The van der Waals surface area contributed by atoms with Crippen molar-refractivity contribution in [2.75, 3.05) is 0 Å². The molecule has 0 fully saturated rings. The fourth-order valence-electron chi connectivity index (χ4n) is 3.19. The molecule has 1 heteroatoms. The van der Waals surface area contributed by atoms with Crippen LogP contribution in [0.15, 0.2) is 42.5 Å². The van der Waals surface area contributed by atoms with E-state index in [4.69, 9.17) is 0 Å². The first-order chi connectivity index (χ1) is 9.69. The summed E-state index contributed by atoms with van der Waals surface area (Å²) >= 11 is 0. The average molecular weight is 264 g/mol. The van der Waals surface area contributed by atoms with Crippen LogP contribution in [0.25, 0.3) is 11.1 Å². The summed E-state index contributed by atoms with van der Waals surface area (Å²) in [6, 6.07) is 15.3. The zero-order valence-corrected chi connectivity index (χ0v) is 12.1. The Morgan fingerprint density at radius 3 is 2.60 bits per heavy atom. The van der Waals surface area contributed by atoms with Gasteiger partial charge < -0.3 is 0 Å². The Morgan fingerprint density at radius 1 is 1.10 bits per heavy atom. The van der Waals surface area contributed by atoms with Gasteiger partial charge in [0.15, 0.2) is 0 Å².